The molecule has 3 aromatic rings. The fraction of sp³-hybridized carbons (Fsp3) is 0.280. The van der Waals surface area contributed by atoms with Gasteiger partial charge in [0.15, 0.2) is 0 Å². The van der Waals surface area contributed by atoms with Crippen LogP contribution in [0.3, 0.4) is 0 Å². The van der Waals surface area contributed by atoms with Crippen LogP contribution in [0, 0.1) is 0 Å². The van der Waals surface area contributed by atoms with Crippen molar-refractivity contribution in [3.8, 4) is 21.9 Å². The number of piperazine rings is 1. The van der Waals surface area contributed by atoms with Gasteiger partial charge in [0, 0.05) is 42.2 Å². The molecule has 7 heteroatoms. The molecule has 2 aromatic carbocycles. The van der Waals surface area contributed by atoms with Crippen LogP contribution in [-0.2, 0) is 17.8 Å². The summed E-state index contributed by atoms with van der Waals surface area (Å²) in [6.45, 7) is 2.66. The van der Waals surface area contributed by atoms with Crippen LogP contribution in [0.2, 0.25) is 0 Å². The van der Waals surface area contributed by atoms with Gasteiger partial charge in [-0.3, -0.25) is 9.59 Å². The number of benzene rings is 2. The van der Waals surface area contributed by atoms with Crippen LogP contribution in [0.5, 0.6) is 11.5 Å². The highest BCUT2D eigenvalue weighted by atomic mass is 32.1. The Kier molecular flexibility index (Phi) is 5.57. The second-order valence-electron chi connectivity index (χ2n) is 7.95. The quantitative estimate of drug-likeness (QED) is 0.609. The van der Waals surface area contributed by atoms with Crippen LogP contribution in [0.15, 0.2) is 54.6 Å². The van der Waals surface area contributed by atoms with Gasteiger partial charge in [-0.2, -0.15) is 0 Å². The number of hydrogen-bond donors (Lipinski definition) is 0. The molecule has 0 N–H and O–H groups in total. The van der Waals surface area contributed by atoms with Crippen molar-refractivity contribution < 1.29 is 19.1 Å². The minimum absolute atomic E-state index is 0.0294. The molecule has 0 bridgehead atoms. The molecule has 3 heterocycles. The van der Waals surface area contributed by atoms with E-state index in [-0.39, 0.29) is 11.8 Å². The van der Waals surface area contributed by atoms with Gasteiger partial charge in [-0.05, 0) is 35.9 Å². The summed E-state index contributed by atoms with van der Waals surface area (Å²) >= 11 is 1.53. The summed E-state index contributed by atoms with van der Waals surface area (Å²) in [4.78, 5) is 31.4. The molecule has 0 spiro atoms. The maximum absolute atomic E-state index is 13.1. The SMILES string of the molecule is COc1cccc(CC(=O)N2CCN(C(=O)c3cc4c(s3)-c3ccccc3OC4)CC2)c1. The van der Waals surface area contributed by atoms with Gasteiger partial charge >= 0.3 is 0 Å². The molecule has 32 heavy (non-hydrogen) atoms. The molecular weight excluding hydrogens is 424 g/mol. The third-order valence-corrected chi connectivity index (χ3v) is 7.14. The zero-order valence-corrected chi connectivity index (χ0v) is 18.7. The van der Waals surface area contributed by atoms with Crippen LogP contribution < -0.4 is 9.47 Å². The second-order valence-corrected chi connectivity index (χ2v) is 9.00. The number of rotatable bonds is 4. The average Bonchev–Trinajstić information content (AvgIpc) is 3.29. The van der Waals surface area contributed by atoms with E-state index in [1.807, 2.05) is 64.4 Å². The largest absolute Gasteiger partial charge is 0.497 e. The van der Waals surface area contributed by atoms with Gasteiger partial charge in [0.2, 0.25) is 5.91 Å². The maximum Gasteiger partial charge on any atom is 0.264 e. The van der Waals surface area contributed by atoms with Crippen LogP contribution in [0.1, 0.15) is 20.8 Å². The maximum atomic E-state index is 13.1. The predicted octanol–water partition coefficient (Wildman–Crippen LogP) is 3.84. The molecule has 0 aliphatic carbocycles. The van der Waals surface area contributed by atoms with Crippen molar-refractivity contribution in [2.24, 2.45) is 0 Å². The van der Waals surface area contributed by atoms with Crippen LogP contribution >= 0.6 is 11.3 Å². The Morgan fingerprint density at radius 3 is 2.59 bits per heavy atom. The molecule has 0 atom stereocenters. The first-order valence-electron chi connectivity index (χ1n) is 10.7. The summed E-state index contributed by atoms with van der Waals surface area (Å²) in [6.07, 6.45) is 0.336. The molecule has 2 amide bonds. The number of para-hydroxylation sites is 1. The minimum atomic E-state index is 0.0294. The molecule has 0 saturated carbocycles. The molecule has 5 rings (SSSR count). The van der Waals surface area contributed by atoms with Crippen LogP contribution in [0.25, 0.3) is 10.4 Å². The molecule has 1 saturated heterocycles. The van der Waals surface area contributed by atoms with E-state index in [0.717, 1.165) is 37.9 Å². The number of hydrogen-bond acceptors (Lipinski definition) is 5. The number of ether oxygens (including phenoxy) is 2. The van der Waals surface area contributed by atoms with Gasteiger partial charge in [-0.15, -0.1) is 11.3 Å². The third-order valence-electron chi connectivity index (χ3n) is 5.94. The minimum Gasteiger partial charge on any atom is -0.497 e. The van der Waals surface area contributed by atoms with Gasteiger partial charge in [-0.25, -0.2) is 0 Å². The summed E-state index contributed by atoms with van der Waals surface area (Å²) in [6, 6.07) is 17.5. The first-order valence-corrected chi connectivity index (χ1v) is 11.5. The van der Waals surface area contributed by atoms with Crippen LogP contribution in [0.4, 0.5) is 0 Å². The Bertz CT molecular complexity index is 1160. The molecule has 164 valence electrons. The predicted molar refractivity (Wildman–Crippen MR) is 123 cm³/mol. The van der Waals surface area contributed by atoms with Gasteiger partial charge in [0.25, 0.3) is 5.91 Å². The number of fused-ring (bicyclic) bond motifs is 3. The van der Waals surface area contributed by atoms with Crippen LogP contribution in [-0.4, -0.2) is 54.9 Å². The zero-order valence-electron chi connectivity index (χ0n) is 17.9. The summed E-state index contributed by atoms with van der Waals surface area (Å²) in [5.41, 5.74) is 3.04. The van der Waals surface area contributed by atoms with E-state index in [9.17, 15) is 9.59 Å². The Labute approximate surface area is 191 Å². The number of carbonyl (C=O) groups is 2. The van der Waals surface area contributed by atoms with E-state index in [1.54, 1.807) is 7.11 Å². The van der Waals surface area contributed by atoms with Crippen molar-refractivity contribution in [2.45, 2.75) is 13.0 Å². The molecule has 0 unspecified atom stereocenters. The lowest BCUT2D eigenvalue weighted by molar-refractivity contribution is -0.131. The number of thiophene rings is 1. The van der Waals surface area contributed by atoms with E-state index in [1.165, 1.54) is 11.3 Å². The van der Waals surface area contributed by atoms with Crippen molar-refractivity contribution in [3.05, 3.63) is 70.6 Å². The number of methoxy groups -OCH3 is 1. The fourth-order valence-electron chi connectivity index (χ4n) is 4.19. The van der Waals surface area contributed by atoms with Crippen molar-refractivity contribution in [1.82, 2.24) is 9.80 Å². The number of nitrogens with zero attached hydrogens (tertiary/aromatic N) is 2. The van der Waals surface area contributed by atoms with E-state index in [0.29, 0.717) is 39.2 Å². The highest BCUT2D eigenvalue weighted by Gasteiger charge is 2.28. The van der Waals surface area contributed by atoms with Gasteiger partial charge in [-0.1, -0.05) is 24.3 Å². The number of amides is 2. The number of carbonyl (C=O) groups excluding carboxylic acids is 2. The fourth-order valence-corrected chi connectivity index (χ4v) is 5.35. The summed E-state index contributed by atoms with van der Waals surface area (Å²) in [5.74, 6) is 1.72. The third kappa shape index (κ3) is 3.96. The summed E-state index contributed by atoms with van der Waals surface area (Å²) < 4.78 is 11.1. The van der Waals surface area contributed by atoms with Crippen molar-refractivity contribution in [2.75, 3.05) is 33.3 Å². The highest BCUT2D eigenvalue weighted by Crippen LogP contribution is 2.42. The molecule has 1 aromatic heterocycles. The topological polar surface area (TPSA) is 59.1 Å². The standard InChI is InChI=1S/C25H24N2O4S/c1-30-19-6-4-5-17(13-19)14-23(28)26-9-11-27(12-10-26)25(29)22-15-18-16-31-21-8-3-2-7-20(21)24(18)32-22/h2-8,13,15H,9-12,14,16H2,1H3. The molecule has 0 radical (unpaired) electrons. The Morgan fingerprint density at radius 2 is 1.78 bits per heavy atom. The average molecular weight is 449 g/mol. The van der Waals surface area contributed by atoms with E-state index in [4.69, 9.17) is 9.47 Å². The summed E-state index contributed by atoms with van der Waals surface area (Å²) in [7, 11) is 1.62. The molecular formula is C25H24N2O4S. The first-order chi connectivity index (χ1) is 15.6. The van der Waals surface area contributed by atoms with Crippen molar-refractivity contribution in [3.63, 3.8) is 0 Å². The van der Waals surface area contributed by atoms with Crippen molar-refractivity contribution >= 4 is 23.2 Å². The van der Waals surface area contributed by atoms with Gasteiger partial charge < -0.3 is 19.3 Å². The lowest BCUT2D eigenvalue weighted by atomic mass is 10.1. The van der Waals surface area contributed by atoms with E-state index < -0.39 is 0 Å². The second kappa shape index (κ2) is 8.67. The van der Waals surface area contributed by atoms with E-state index >= 15 is 0 Å². The highest BCUT2D eigenvalue weighted by molar-refractivity contribution is 7.17. The monoisotopic (exact) mass is 448 g/mol. The Balaban J connectivity index is 1.22. The zero-order chi connectivity index (χ0) is 22.1. The summed E-state index contributed by atoms with van der Waals surface area (Å²) in [5, 5.41) is 0. The first kappa shape index (κ1) is 20.6. The molecule has 2 aliphatic heterocycles. The molecule has 6 nitrogen and oxygen atoms in total. The lowest BCUT2D eigenvalue weighted by Gasteiger charge is -2.34. The molecule has 2 aliphatic rings. The van der Waals surface area contributed by atoms with Crippen molar-refractivity contribution in [1.29, 1.82) is 0 Å². The smallest absolute Gasteiger partial charge is 0.264 e. The Hall–Kier alpha value is -3.32. The lowest BCUT2D eigenvalue weighted by Crippen LogP contribution is -2.50. The van der Waals surface area contributed by atoms with Gasteiger partial charge in [0.05, 0.1) is 18.4 Å². The normalized spacial score (nSPS) is 14.9. The Morgan fingerprint density at radius 1 is 1.00 bits per heavy atom. The van der Waals surface area contributed by atoms with Gasteiger partial charge in [0.1, 0.15) is 18.1 Å². The molecule has 1 fully saturated rings. The van der Waals surface area contributed by atoms with E-state index in [2.05, 4.69) is 0 Å².